The molecule has 1 fully saturated rings. The molecule has 2 rings (SSSR count). The lowest BCUT2D eigenvalue weighted by molar-refractivity contribution is -0.150. The van der Waals surface area contributed by atoms with E-state index in [9.17, 15) is 18.8 Å². The van der Waals surface area contributed by atoms with Gasteiger partial charge in [0.2, 0.25) is 0 Å². The summed E-state index contributed by atoms with van der Waals surface area (Å²) >= 11 is 0.717. The van der Waals surface area contributed by atoms with Gasteiger partial charge in [0.25, 0.3) is 11.1 Å². The van der Waals surface area contributed by atoms with E-state index in [2.05, 4.69) is 0 Å². The summed E-state index contributed by atoms with van der Waals surface area (Å²) in [7, 11) is 0. The second-order valence-electron chi connectivity index (χ2n) is 5.03. The molecule has 1 atom stereocenters. The quantitative estimate of drug-likeness (QED) is 0.610. The van der Waals surface area contributed by atoms with Crippen LogP contribution in [0.15, 0.2) is 29.2 Å². The molecule has 122 valence electrons. The standard InChI is InChI=1S/C16H16FNO4S/c1-3-10(2)22-14(19)9-18-15(20)13(23-16(18)21)8-11-5-4-6-12(17)7-11/h4-8,10H,3,9H2,1-2H3/b13-8+/t10-/m0/s1. The van der Waals surface area contributed by atoms with E-state index in [0.717, 1.165) is 16.7 Å². The fourth-order valence-electron chi connectivity index (χ4n) is 1.86. The molecule has 0 spiro atoms. The summed E-state index contributed by atoms with van der Waals surface area (Å²) in [5, 5.41) is -0.543. The zero-order valence-corrected chi connectivity index (χ0v) is 13.6. The van der Waals surface area contributed by atoms with Crippen LogP contribution in [-0.4, -0.2) is 34.7 Å². The third-order valence-corrected chi connectivity index (χ3v) is 4.12. The molecule has 1 saturated heterocycles. The molecule has 1 aromatic rings. The minimum absolute atomic E-state index is 0.150. The van der Waals surface area contributed by atoms with Gasteiger partial charge in [0.15, 0.2) is 0 Å². The number of amides is 2. The number of halogens is 1. The molecule has 5 nitrogen and oxygen atoms in total. The van der Waals surface area contributed by atoms with Gasteiger partial charge in [-0.15, -0.1) is 0 Å². The van der Waals surface area contributed by atoms with Gasteiger partial charge in [-0.05, 0) is 48.9 Å². The van der Waals surface area contributed by atoms with E-state index in [0.29, 0.717) is 12.0 Å². The minimum atomic E-state index is -0.631. The molecular weight excluding hydrogens is 321 g/mol. The third-order valence-electron chi connectivity index (χ3n) is 3.21. The molecular formula is C16H16FNO4S. The number of ether oxygens (including phenoxy) is 1. The summed E-state index contributed by atoms with van der Waals surface area (Å²) in [5.74, 6) is -1.64. The van der Waals surface area contributed by atoms with Crippen molar-refractivity contribution in [3.8, 4) is 0 Å². The minimum Gasteiger partial charge on any atom is -0.461 e. The summed E-state index contributed by atoms with van der Waals surface area (Å²) < 4.78 is 18.2. The maximum atomic E-state index is 13.2. The van der Waals surface area contributed by atoms with Crippen molar-refractivity contribution < 1.29 is 23.5 Å². The number of hydrogen-bond donors (Lipinski definition) is 0. The van der Waals surface area contributed by atoms with Crippen LogP contribution < -0.4 is 0 Å². The number of carbonyl (C=O) groups is 3. The molecule has 1 aromatic carbocycles. The lowest BCUT2D eigenvalue weighted by Gasteiger charge is -2.14. The van der Waals surface area contributed by atoms with Crippen molar-refractivity contribution in [1.29, 1.82) is 0 Å². The van der Waals surface area contributed by atoms with Crippen molar-refractivity contribution in [3.05, 3.63) is 40.6 Å². The van der Waals surface area contributed by atoms with Crippen LogP contribution in [0.25, 0.3) is 6.08 Å². The van der Waals surface area contributed by atoms with E-state index in [1.165, 1.54) is 24.3 Å². The van der Waals surface area contributed by atoms with Crippen molar-refractivity contribution in [2.45, 2.75) is 26.4 Å². The van der Waals surface area contributed by atoms with Crippen LogP contribution in [0.1, 0.15) is 25.8 Å². The Bertz CT molecular complexity index is 674. The summed E-state index contributed by atoms with van der Waals surface area (Å²) in [6.45, 7) is 3.17. The molecule has 0 N–H and O–H groups in total. The van der Waals surface area contributed by atoms with Crippen LogP contribution in [0.5, 0.6) is 0 Å². The topological polar surface area (TPSA) is 63.7 Å². The van der Waals surface area contributed by atoms with Gasteiger partial charge in [-0.1, -0.05) is 19.1 Å². The Morgan fingerprint density at radius 3 is 2.83 bits per heavy atom. The molecule has 1 aliphatic rings. The number of thioether (sulfide) groups is 1. The van der Waals surface area contributed by atoms with Crippen LogP contribution >= 0.6 is 11.8 Å². The summed E-state index contributed by atoms with van der Waals surface area (Å²) in [6, 6.07) is 5.67. The average molecular weight is 337 g/mol. The van der Waals surface area contributed by atoms with Crippen molar-refractivity contribution in [1.82, 2.24) is 4.90 Å². The smallest absolute Gasteiger partial charge is 0.326 e. The molecule has 0 aliphatic carbocycles. The average Bonchev–Trinajstić information content (AvgIpc) is 2.74. The Morgan fingerprint density at radius 1 is 1.43 bits per heavy atom. The fraction of sp³-hybridized carbons (Fsp3) is 0.312. The van der Waals surface area contributed by atoms with Gasteiger partial charge in [-0.25, -0.2) is 4.39 Å². The Morgan fingerprint density at radius 2 is 2.17 bits per heavy atom. The highest BCUT2D eigenvalue weighted by Gasteiger charge is 2.36. The van der Waals surface area contributed by atoms with Gasteiger partial charge < -0.3 is 4.74 Å². The SMILES string of the molecule is CC[C@H](C)OC(=O)CN1C(=O)S/C(=C/c2cccc(F)c2)C1=O. The van der Waals surface area contributed by atoms with Crippen molar-refractivity contribution in [2.24, 2.45) is 0 Å². The highest BCUT2D eigenvalue weighted by atomic mass is 32.2. The number of nitrogens with zero attached hydrogens (tertiary/aromatic N) is 1. The third kappa shape index (κ3) is 4.41. The molecule has 1 aliphatic heterocycles. The number of rotatable bonds is 5. The summed E-state index contributed by atoms with van der Waals surface area (Å²) in [4.78, 5) is 36.8. The Labute approximate surface area is 137 Å². The van der Waals surface area contributed by atoms with Crippen LogP contribution in [-0.2, 0) is 14.3 Å². The summed E-state index contributed by atoms with van der Waals surface area (Å²) in [5.41, 5.74) is 0.470. The normalized spacial score (nSPS) is 17.7. The first-order valence-corrected chi connectivity index (χ1v) is 7.92. The molecule has 0 radical (unpaired) electrons. The van der Waals surface area contributed by atoms with Gasteiger partial charge in [0.05, 0.1) is 11.0 Å². The molecule has 2 amide bonds. The van der Waals surface area contributed by atoms with Crippen LogP contribution in [0.4, 0.5) is 9.18 Å². The Hall–Kier alpha value is -2.15. The van der Waals surface area contributed by atoms with Gasteiger partial charge >= 0.3 is 5.97 Å². The maximum absolute atomic E-state index is 13.2. The van der Waals surface area contributed by atoms with E-state index in [-0.39, 0.29) is 11.0 Å². The van der Waals surface area contributed by atoms with Crippen molar-refractivity contribution in [3.63, 3.8) is 0 Å². The van der Waals surface area contributed by atoms with Crippen LogP contribution in [0.2, 0.25) is 0 Å². The first-order chi connectivity index (χ1) is 10.9. The predicted octanol–water partition coefficient (Wildman–Crippen LogP) is 3.20. The molecule has 0 unspecified atom stereocenters. The zero-order valence-electron chi connectivity index (χ0n) is 12.7. The van der Waals surface area contributed by atoms with Crippen molar-refractivity contribution in [2.75, 3.05) is 6.54 Å². The first-order valence-electron chi connectivity index (χ1n) is 7.11. The van der Waals surface area contributed by atoms with Gasteiger partial charge in [0, 0.05) is 0 Å². The van der Waals surface area contributed by atoms with E-state index in [1.54, 1.807) is 13.0 Å². The number of hydrogen-bond acceptors (Lipinski definition) is 5. The molecule has 0 aromatic heterocycles. The first kappa shape index (κ1) is 17.2. The van der Waals surface area contributed by atoms with E-state index in [1.807, 2.05) is 6.92 Å². The second kappa shape index (κ2) is 7.41. The monoisotopic (exact) mass is 337 g/mol. The van der Waals surface area contributed by atoms with Crippen molar-refractivity contribution >= 4 is 35.0 Å². The Kier molecular flexibility index (Phi) is 5.54. The molecule has 1 heterocycles. The highest BCUT2D eigenvalue weighted by molar-refractivity contribution is 8.18. The zero-order chi connectivity index (χ0) is 17.0. The lowest BCUT2D eigenvalue weighted by Crippen LogP contribution is -2.35. The molecule has 0 saturated carbocycles. The van der Waals surface area contributed by atoms with Gasteiger partial charge in [-0.2, -0.15) is 0 Å². The summed E-state index contributed by atoms with van der Waals surface area (Å²) in [6.07, 6.45) is 1.80. The largest absolute Gasteiger partial charge is 0.461 e. The van der Waals surface area contributed by atoms with E-state index < -0.39 is 29.5 Å². The lowest BCUT2D eigenvalue weighted by atomic mass is 10.2. The predicted molar refractivity (Wildman–Crippen MR) is 84.9 cm³/mol. The van der Waals surface area contributed by atoms with Crippen LogP contribution in [0.3, 0.4) is 0 Å². The molecule has 7 heteroatoms. The molecule has 23 heavy (non-hydrogen) atoms. The van der Waals surface area contributed by atoms with Crippen LogP contribution in [0, 0.1) is 5.82 Å². The molecule has 0 bridgehead atoms. The Balaban J connectivity index is 2.09. The number of benzene rings is 1. The van der Waals surface area contributed by atoms with Gasteiger partial charge in [0.1, 0.15) is 12.4 Å². The van der Waals surface area contributed by atoms with E-state index >= 15 is 0 Å². The fourth-order valence-corrected chi connectivity index (χ4v) is 2.70. The maximum Gasteiger partial charge on any atom is 0.326 e. The van der Waals surface area contributed by atoms with E-state index in [4.69, 9.17) is 4.74 Å². The highest BCUT2D eigenvalue weighted by Crippen LogP contribution is 2.32. The number of esters is 1. The number of imide groups is 1. The second-order valence-corrected chi connectivity index (χ2v) is 6.02. The van der Waals surface area contributed by atoms with Gasteiger partial charge in [-0.3, -0.25) is 19.3 Å². The number of carbonyl (C=O) groups excluding carboxylic acids is 3.